The van der Waals surface area contributed by atoms with Crippen LogP contribution in [0.5, 0.6) is 0 Å². The highest BCUT2D eigenvalue weighted by molar-refractivity contribution is 5.74. The van der Waals surface area contributed by atoms with E-state index >= 15 is 0 Å². The van der Waals surface area contributed by atoms with Gasteiger partial charge in [0.25, 0.3) is 0 Å². The molecule has 102 valence electrons. The van der Waals surface area contributed by atoms with Crippen LogP contribution < -0.4 is 0 Å². The lowest BCUT2D eigenvalue weighted by atomic mass is 9.90. The quantitative estimate of drug-likeness (QED) is 0.838. The molecule has 0 bridgehead atoms. The van der Waals surface area contributed by atoms with Gasteiger partial charge in [-0.05, 0) is 25.2 Å². The molecule has 2 fully saturated rings. The van der Waals surface area contributed by atoms with Crippen molar-refractivity contribution in [2.75, 3.05) is 19.7 Å². The molecular formula is C13H21NO4. The Morgan fingerprint density at radius 3 is 2.50 bits per heavy atom. The number of carboxylic acid groups (broad SMARTS) is 1. The summed E-state index contributed by atoms with van der Waals surface area (Å²) in [5.74, 6) is -0.745. The van der Waals surface area contributed by atoms with Gasteiger partial charge in [0.1, 0.15) is 0 Å². The Kier molecular flexibility index (Phi) is 4.44. The third-order valence-electron chi connectivity index (χ3n) is 3.96. The van der Waals surface area contributed by atoms with Crippen LogP contribution >= 0.6 is 0 Å². The molecule has 1 saturated carbocycles. The van der Waals surface area contributed by atoms with Crippen LogP contribution in [0.25, 0.3) is 0 Å². The van der Waals surface area contributed by atoms with Gasteiger partial charge in [-0.25, -0.2) is 4.79 Å². The number of amides is 1. The molecule has 2 rings (SSSR count). The summed E-state index contributed by atoms with van der Waals surface area (Å²) in [6.45, 7) is 1.28. The first-order valence-corrected chi connectivity index (χ1v) is 6.81. The molecule has 2 aliphatic rings. The second kappa shape index (κ2) is 6.07. The lowest BCUT2D eigenvalue weighted by Gasteiger charge is -2.23. The first kappa shape index (κ1) is 13.2. The third kappa shape index (κ3) is 3.37. The zero-order valence-electron chi connectivity index (χ0n) is 10.6. The van der Waals surface area contributed by atoms with Gasteiger partial charge in [0.05, 0.1) is 12.5 Å². The van der Waals surface area contributed by atoms with Gasteiger partial charge in [-0.1, -0.05) is 19.3 Å². The lowest BCUT2D eigenvalue weighted by Crippen LogP contribution is -2.32. The first-order chi connectivity index (χ1) is 8.66. The Morgan fingerprint density at radius 1 is 1.17 bits per heavy atom. The fraction of sp³-hybridized carbons (Fsp3) is 0.846. The van der Waals surface area contributed by atoms with Crippen LogP contribution in [0.2, 0.25) is 0 Å². The fourth-order valence-corrected chi connectivity index (χ4v) is 2.76. The van der Waals surface area contributed by atoms with E-state index in [4.69, 9.17) is 9.84 Å². The molecule has 1 atom stereocenters. The van der Waals surface area contributed by atoms with Crippen molar-refractivity contribution in [3.8, 4) is 0 Å². The monoisotopic (exact) mass is 255 g/mol. The first-order valence-electron chi connectivity index (χ1n) is 6.81. The summed E-state index contributed by atoms with van der Waals surface area (Å²) in [6.07, 6.45) is 6.23. The number of hydrogen-bond donors (Lipinski definition) is 1. The van der Waals surface area contributed by atoms with Gasteiger partial charge < -0.3 is 14.7 Å². The summed E-state index contributed by atoms with van der Waals surface area (Å²) >= 11 is 0. The van der Waals surface area contributed by atoms with E-state index in [2.05, 4.69) is 0 Å². The third-order valence-corrected chi connectivity index (χ3v) is 3.96. The van der Waals surface area contributed by atoms with E-state index in [1.807, 2.05) is 0 Å². The molecule has 1 aliphatic carbocycles. The van der Waals surface area contributed by atoms with Crippen molar-refractivity contribution in [3.05, 3.63) is 0 Å². The molecule has 0 radical (unpaired) electrons. The van der Waals surface area contributed by atoms with Crippen molar-refractivity contribution in [2.24, 2.45) is 11.8 Å². The average molecular weight is 255 g/mol. The molecule has 1 heterocycles. The zero-order chi connectivity index (χ0) is 13.0. The number of aliphatic carboxylic acids is 1. The SMILES string of the molecule is O=C(O)C1CCN(C(=O)OCC2CCCCC2)C1. The van der Waals surface area contributed by atoms with Gasteiger partial charge in [-0.3, -0.25) is 4.79 Å². The molecule has 0 aromatic heterocycles. The predicted octanol–water partition coefficient (Wildman–Crippen LogP) is 2.11. The number of likely N-dealkylation sites (tertiary alicyclic amines) is 1. The molecule has 0 spiro atoms. The summed E-state index contributed by atoms with van der Waals surface area (Å²) < 4.78 is 5.29. The van der Waals surface area contributed by atoms with E-state index in [9.17, 15) is 9.59 Å². The summed E-state index contributed by atoms with van der Waals surface area (Å²) in [6, 6.07) is 0. The molecule has 1 aliphatic heterocycles. The van der Waals surface area contributed by atoms with Crippen LogP contribution in [0.3, 0.4) is 0 Å². The van der Waals surface area contributed by atoms with Gasteiger partial charge >= 0.3 is 12.1 Å². The van der Waals surface area contributed by atoms with Gasteiger partial charge in [0.15, 0.2) is 0 Å². The lowest BCUT2D eigenvalue weighted by molar-refractivity contribution is -0.141. The Bertz CT molecular complexity index is 312. The van der Waals surface area contributed by atoms with Crippen molar-refractivity contribution in [3.63, 3.8) is 0 Å². The average Bonchev–Trinajstić information content (AvgIpc) is 2.87. The summed E-state index contributed by atoms with van der Waals surface area (Å²) in [5.41, 5.74) is 0. The van der Waals surface area contributed by atoms with Crippen LogP contribution in [-0.4, -0.2) is 41.8 Å². The second-order valence-electron chi connectivity index (χ2n) is 5.35. The van der Waals surface area contributed by atoms with Gasteiger partial charge in [0.2, 0.25) is 0 Å². The largest absolute Gasteiger partial charge is 0.481 e. The van der Waals surface area contributed by atoms with Crippen molar-refractivity contribution in [1.82, 2.24) is 4.90 Å². The van der Waals surface area contributed by atoms with Gasteiger partial charge in [-0.15, -0.1) is 0 Å². The van der Waals surface area contributed by atoms with Crippen molar-refractivity contribution >= 4 is 12.1 Å². The summed E-state index contributed by atoms with van der Waals surface area (Å²) in [7, 11) is 0. The number of hydrogen-bond acceptors (Lipinski definition) is 3. The van der Waals surface area contributed by atoms with E-state index in [1.165, 1.54) is 24.2 Å². The van der Waals surface area contributed by atoms with Crippen LogP contribution in [0.15, 0.2) is 0 Å². The molecule has 0 aromatic carbocycles. The highest BCUT2D eigenvalue weighted by Gasteiger charge is 2.31. The van der Waals surface area contributed by atoms with Crippen LogP contribution in [0.4, 0.5) is 4.79 Å². The normalized spacial score (nSPS) is 25.1. The maximum atomic E-state index is 11.8. The van der Waals surface area contributed by atoms with Gasteiger partial charge in [-0.2, -0.15) is 0 Å². The van der Waals surface area contributed by atoms with E-state index in [0.29, 0.717) is 32.0 Å². The van der Waals surface area contributed by atoms with E-state index in [0.717, 1.165) is 12.8 Å². The molecule has 18 heavy (non-hydrogen) atoms. The second-order valence-corrected chi connectivity index (χ2v) is 5.35. The molecule has 1 amide bonds. The highest BCUT2D eigenvalue weighted by Crippen LogP contribution is 2.24. The Labute approximate surface area is 107 Å². The van der Waals surface area contributed by atoms with Crippen molar-refractivity contribution < 1.29 is 19.4 Å². The number of carbonyl (C=O) groups is 2. The number of carboxylic acids is 1. The molecule has 5 nitrogen and oxygen atoms in total. The predicted molar refractivity (Wildman–Crippen MR) is 65.2 cm³/mol. The number of rotatable bonds is 3. The van der Waals surface area contributed by atoms with Crippen LogP contribution in [0.1, 0.15) is 38.5 Å². The Morgan fingerprint density at radius 2 is 1.89 bits per heavy atom. The highest BCUT2D eigenvalue weighted by atomic mass is 16.6. The molecule has 5 heteroatoms. The zero-order valence-corrected chi connectivity index (χ0v) is 10.6. The van der Waals surface area contributed by atoms with Crippen molar-refractivity contribution in [2.45, 2.75) is 38.5 Å². The standard InChI is InChI=1S/C13H21NO4/c15-12(16)11-6-7-14(8-11)13(17)18-9-10-4-2-1-3-5-10/h10-11H,1-9H2,(H,15,16). The smallest absolute Gasteiger partial charge is 0.409 e. The summed E-state index contributed by atoms with van der Waals surface area (Å²) in [4.78, 5) is 24.1. The van der Waals surface area contributed by atoms with Crippen LogP contribution in [-0.2, 0) is 9.53 Å². The molecule has 1 N–H and O–H groups in total. The van der Waals surface area contributed by atoms with E-state index in [1.54, 1.807) is 0 Å². The molecular weight excluding hydrogens is 234 g/mol. The number of ether oxygens (including phenoxy) is 1. The Hall–Kier alpha value is -1.26. The number of nitrogens with zero attached hydrogens (tertiary/aromatic N) is 1. The maximum absolute atomic E-state index is 11.8. The van der Waals surface area contributed by atoms with E-state index < -0.39 is 11.9 Å². The minimum atomic E-state index is -0.822. The molecule has 0 aromatic rings. The van der Waals surface area contributed by atoms with Crippen LogP contribution in [0, 0.1) is 11.8 Å². The summed E-state index contributed by atoms with van der Waals surface area (Å²) in [5, 5.41) is 8.87. The van der Waals surface area contributed by atoms with Gasteiger partial charge in [0, 0.05) is 13.1 Å². The minimum Gasteiger partial charge on any atom is -0.481 e. The Balaban J connectivity index is 1.70. The maximum Gasteiger partial charge on any atom is 0.409 e. The molecule has 1 saturated heterocycles. The van der Waals surface area contributed by atoms with E-state index in [-0.39, 0.29) is 6.09 Å². The number of carbonyl (C=O) groups excluding carboxylic acids is 1. The fourth-order valence-electron chi connectivity index (χ4n) is 2.76. The molecule has 1 unspecified atom stereocenters. The topological polar surface area (TPSA) is 66.8 Å². The minimum absolute atomic E-state index is 0.291. The van der Waals surface area contributed by atoms with Crippen molar-refractivity contribution in [1.29, 1.82) is 0 Å².